The summed E-state index contributed by atoms with van der Waals surface area (Å²) in [7, 11) is 1.56. The van der Waals surface area contributed by atoms with Gasteiger partial charge in [-0.05, 0) is 94.5 Å². The van der Waals surface area contributed by atoms with Gasteiger partial charge in [0.15, 0.2) is 11.5 Å². The van der Waals surface area contributed by atoms with Crippen LogP contribution in [-0.2, 0) is 4.74 Å². The van der Waals surface area contributed by atoms with E-state index in [4.69, 9.17) is 9.47 Å². The molecular formula is C25H28INO3. The molecule has 1 N–H and O–H groups in total. The Labute approximate surface area is 192 Å². The van der Waals surface area contributed by atoms with E-state index in [0.717, 1.165) is 46.1 Å². The van der Waals surface area contributed by atoms with E-state index in [-0.39, 0.29) is 11.9 Å². The fourth-order valence-electron chi connectivity index (χ4n) is 3.68. The predicted octanol–water partition coefficient (Wildman–Crippen LogP) is 6.40. The third-order valence-electron chi connectivity index (χ3n) is 5.19. The van der Waals surface area contributed by atoms with Gasteiger partial charge in [-0.2, -0.15) is 0 Å². The number of phenols is 1. The topological polar surface area (TPSA) is 51.6 Å². The monoisotopic (exact) mass is 517 g/mol. The third kappa shape index (κ3) is 5.52. The van der Waals surface area contributed by atoms with Crippen LogP contribution in [0.1, 0.15) is 43.9 Å². The normalized spacial score (nSPS) is 16.4. The largest absolute Gasteiger partial charge is 0.504 e. The molecule has 0 aliphatic carbocycles. The highest BCUT2D eigenvalue weighted by molar-refractivity contribution is 14.1. The molecule has 0 saturated carbocycles. The number of benzene rings is 1. The van der Waals surface area contributed by atoms with Gasteiger partial charge >= 0.3 is 0 Å². The van der Waals surface area contributed by atoms with E-state index in [1.807, 2.05) is 36.5 Å². The Morgan fingerprint density at radius 1 is 1.37 bits per heavy atom. The molecule has 0 saturated heterocycles. The maximum absolute atomic E-state index is 10.1. The smallest absolute Gasteiger partial charge is 0.171 e. The zero-order valence-electron chi connectivity index (χ0n) is 17.5. The highest BCUT2D eigenvalue weighted by Gasteiger charge is 2.22. The summed E-state index contributed by atoms with van der Waals surface area (Å²) < 4.78 is 12.1. The summed E-state index contributed by atoms with van der Waals surface area (Å²) in [4.78, 5) is 4.56. The van der Waals surface area contributed by atoms with Crippen molar-refractivity contribution in [2.75, 3.05) is 13.7 Å². The van der Waals surface area contributed by atoms with Crippen LogP contribution in [-0.4, -0.2) is 29.9 Å². The van der Waals surface area contributed by atoms with Crippen LogP contribution in [0.4, 0.5) is 0 Å². The number of rotatable bonds is 9. The molecule has 0 spiro atoms. The number of aromatic hydroxyl groups is 1. The second-order valence-corrected chi connectivity index (χ2v) is 8.47. The number of hydrogen-bond acceptors (Lipinski definition) is 4. The molecule has 1 unspecified atom stereocenters. The fourth-order valence-corrected chi connectivity index (χ4v) is 4.31. The van der Waals surface area contributed by atoms with Crippen molar-refractivity contribution in [3.63, 3.8) is 0 Å². The molecule has 0 fully saturated rings. The molecule has 1 aliphatic heterocycles. The predicted molar refractivity (Wildman–Crippen MR) is 131 cm³/mol. The van der Waals surface area contributed by atoms with Crippen molar-refractivity contribution in [2.24, 2.45) is 0 Å². The highest BCUT2D eigenvalue weighted by atomic mass is 127. The van der Waals surface area contributed by atoms with E-state index in [0.29, 0.717) is 12.4 Å². The van der Waals surface area contributed by atoms with Crippen LogP contribution >= 0.6 is 22.6 Å². The van der Waals surface area contributed by atoms with Crippen molar-refractivity contribution in [2.45, 2.75) is 38.7 Å². The van der Waals surface area contributed by atoms with Gasteiger partial charge in [-0.15, -0.1) is 0 Å². The van der Waals surface area contributed by atoms with Crippen LogP contribution in [0.25, 0.3) is 11.6 Å². The molecule has 0 radical (unpaired) electrons. The summed E-state index contributed by atoms with van der Waals surface area (Å²) in [5.74, 6) is 0.631. The van der Waals surface area contributed by atoms with E-state index in [1.54, 1.807) is 7.11 Å². The fraction of sp³-hybridized carbons (Fsp3) is 0.320. The van der Waals surface area contributed by atoms with Gasteiger partial charge in [0.05, 0.1) is 29.1 Å². The number of halogens is 1. The van der Waals surface area contributed by atoms with Gasteiger partial charge in [-0.1, -0.05) is 32.1 Å². The summed E-state index contributed by atoms with van der Waals surface area (Å²) >= 11 is 2.12. The molecule has 30 heavy (non-hydrogen) atoms. The summed E-state index contributed by atoms with van der Waals surface area (Å²) in [5, 5.41) is 10.1. The molecule has 5 heteroatoms. The minimum absolute atomic E-state index is 0.0747. The van der Waals surface area contributed by atoms with Gasteiger partial charge in [0, 0.05) is 6.20 Å². The van der Waals surface area contributed by atoms with E-state index in [9.17, 15) is 5.11 Å². The van der Waals surface area contributed by atoms with Crippen molar-refractivity contribution in [1.29, 1.82) is 0 Å². The Bertz CT molecular complexity index is 950. The Balaban J connectivity index is 1.86. The van der Waals surface area contributed by atoms with Crippen molar-refractivity contribution in [3.8, 4) is 11.5 Å². The van der Waals surface area contributed by atoms with E-state index in [2.05, 4.69) is 53.2 Å². The standard InChI is InChI=1S/C25H28INO3/c1-4-7-17(2)20-11-13-30-23(20)10-9-19(22-8-5-6-12-27-22)14-18-15-21(26)25(28)24(16-18)29-3/h5-6,8,11-12,14-16,23,28H,2,4,7,9-10,13H2,1,3H3/b19-14-. The SMILES string of the molecule is C=C(CCC)C1=CCOC1CC/C(=C/c1cc(I)c(O)c(OC)c1)c1ccccn1. The Hall–Kier alpha value is -2.12. The number of aromatic nitrogens is 1. The van der Waals surface area contributed by atoms with Gasteiger partial charge in [-0.3, -0.25) is 4.98 Å². The van der Waals surface area contributed by atoms with Crippen molar-refractivity contribution in [3.05, 3.63) is 75.2 Å². The summed E-state index contributed by atoms with van der Waals surface area (Å²) in [6.45, 7) is 7.08. The van der Waals surface area contributed by atoms with Gasteiger partial charge in [0.2, 0.25) is 0 Å². The molecule has 1 aromatic heterocycles. The lowest BCUT2D eigenvalue weighted by atomic mass is 9.93. The lowest BCUT2D eigenvalue weighted by Gasteiger charge is -2.18. The van der Waals surface area contributed by atoms with Gasteiger partial charge in [0.25, 0.3) is 0 Å². The average molecular weight is 517 g/mol. The van der Waals surface area contributed by atoms with Crippen LogP contribution in [0, 0.1) is 3.57 Å². The number of methoxy groups -OCH3 is 1. The average Bonchev–Trinajstić information content (AvgIpc) is 3.23. The Kier molecular flexibility index (Phi) is 8.10. The van der Waals surface area contributed by atoms with Crippen LogP contribution < -0.4 is 4.74 Å². The van der Waals surface area contributed by atoms with Crippen LogP contribution in [0.5, 0.6) is 11.5 Å². The molecule has 3 rings (SSSR count). The quantitative estimate of drug-likeness (QED) is 0.391. The minimum atomic E-state index is 0.0747. The number of ether oxygens (including phenoxy) is 2. The van der Waals surface area contributed by atoms with Crippen molar-refractivity contribution < 1.29 is 14.6 Å². The molecule has 1 aromatic carbocycles. The number of pyridine rings is 1. The molecule has 2 heterocycles. The lowest BCUT2D eigenvalue weighted by molar-refractivity contribution is 0.117. The molecule has 0 bridgehead atoms. The Morgan fingerprint density at radius 2 is 2.20 bits per heavy atom. The molecule has 2 aromatic rings. The first-order valence-corrected chi connectivity index (χ1v) is 11.3. The van der Waals surface area contributed by atoms with E-state index >= 15 is 0 Å². The zero-order chi connectivity index (χ0) is 21.5. The first-order valence-electron chi connectivity index (χ1n) is 10.2. The van der Waals surface area contributed by atoms with Crippen LogP contribution in [0.2, 0.25) is 0 Å². The molecule has 4 nitrogen and oxygen atoms in total. The summed E-state index contributed by atoms with van der Waals surface area (Å²) in [5.41, 5.74) is 5.46. The minimum Gasteiger partial charge on any atom is -0.504 e. The third-order valence-corrected chi connectivity index (χ3v) is 6.01. The highest BCUT2D eigenvalue weighted by Crippen LogP contribution is 2.35. The lowest BCUT2D eigenvalue weighted by Crippen LogP contribution is -2.12. The maximum atomic E-state index is 10.1. The summed E-state index contributed by atoms with van der Waals surface area (Å²) in [6.07, 6.45) is 9.94. The number of phenolic OH excluding ortho intramolecular Hbond substituents is 1. The molecule has 158 valence electrons. The number of nitrogens with zero attached hydrogens (tertiary/aromatic N) is 1. The molecular weight excluding hydrogens is 489 g/mol. The second kappa shape index (κ2) is 10.8. The first kappa shape index (κ1) is 22.6. The van der Waals surface area contributed by atoms with Gasteiger partial charge in [-0.25, -0.2) is 0 Å². The van der Waals surface area contributed by atoms with E-state index in [1.165, 1.54) is 11.1 Å². The first-order chi connectivity index (χ1) is 14.5. The molecule has 1 atom stereocenters. The molecule has 0 amide bonds. The van der Waals surface area contributed by atoms with Crippen molar-refractivity contribution in [1.82, 2.24) is 4.98 Å². The summed E-state index contributed by atoms with van der Waals surface area (Å²) in [6, 6.07) is 9.74. The molecule has 1 aliphatic rings. The van der Waals surface area contributed by atoms with Crippen LogP contribution in [0.3, 0.4) is 0 Å². The van der Waals surface area contributed by atoms with Crippen molar-refractivity contribution >= 4 is 34.2 Å². The van der Waals surface area contributed by atoms with Crippen LogP contribution in [0.15, 0.2) is 60.3 Å². The maximum Gasteiger partial charge on any atom is 0.171 e. The van der Waals surface area contributed by atoms with Gasteiger partial charge in [0.1, 0.15) is 0 Å². The van der Waals surface area contributed by atoms with Gasteiger partial charge < -0.3 is 14.6 Å². The Morgan fingerprint density at radius 3 is 2.90 bits per heavy atom. The second-order valence-electron chi connectivity index (χ2n) is 7.31. The number of hydrogen-bond donors (Lipinski definition) is 1. The van der Waals surface area contributed by atoms with E-state index < -0.39 is 0 Å². The zero-order valence-corrected chi connectivity index (χ0v) is 19.7. The number of allylic oxidation sites excluding steroid dienone is 1.